The Labute approximate surface area is 218 Å². The van der Waals surface area contributed by atoms with Crippen molar-refractivity contribution in [2.24, 2.45) is 0 Å². The molecule has 4 aromatic rings. The minimum absolute atomic E-state index is 0. The number of aliphatic hydroxyl groups excluding tert-OH is 1. The monoisotopic (exact) mass is 504 g/mol. The number of benzene rings is 2. The fourth-order valence-electron chi connectivity index (χ4n) is 4.75. The molecule has 0 atom stereocenters. The average molecular weight is 505 g/mol. The van der Waals surface area contributed by atoms with Gasteiger partial charge in [-0.25, -0.2) is 4.98 Å². The van der Waals surface area contributed by atoms with Crippen molar-refractivity contribution in [1.29, 1.82) is 0 Å². The van der Waals surface area contributed by atoms with E-state index in [2.05, 4.69) is 62.6 Å². The maximum atomic E-state index is 9.34. The number of hydrogen-bond acceptors (Lipinski definition) is 6. The summed E-state index contributed by atoms with van der Waals surface area (Å²) >= 11 is 0. The highest BCUT2D eigenvalue weighted by Crippen LogP contribution is 2.28. The van der Waals surface area contributed by atoms with Crippen molar-refractivity contribution in [3.8, 4) is 11.3 Å². The first-order valence-electron chi connectivity index (χ1n) is 12.2. The van der Waals surface area contributed by atoms with Gasteiger partial charge in [0.2, 0.25) is 0 Å². The molecule has 1 aliphatic heterocycles. The molecule has 1 aliphatic rings. The molecule has 2 aromatic carbocycles. The van der Waals surface area contributed by atoms with Crippen LogP contribution < -0.4 is 4.90 Å². The molecule has 1 saturated heterocycles. The van der Waals surface area contributed by atoms with Crippen molar-refractivity contribution in [2.75, 3.05) is 31.1 Å². The molecule has 0 radical (unpaired) electrons. The second kappa shape index (κ2) is 11.6. The van der Waals surface area contributed by atoms with Crippen LogP contribution in [0.4, 0.5) is 5.82 Å². The molecule has 8 heteroatoms. The van der Waals surface area contributed by atoms with Gasteiger partial charge in [0, 0.05) is 61.9 Å². The summed E-state index contributed by atoms with van der Waals surface area (Å²) in [6.45, 7) is 9.78. The Morgan fingerprint density at radius 3 is 2.19 bits per heavy atom. The van der Waals surface area contributed by atoms with Crippen LogP contribution in [0.3, 0.4) is 0 Å². The first kappa shape index (κ1) is 25.8. The molecular weight excluding hydrogens is 472 g/mol. The first-order chi connectivity index (χ1) is 17.1. The van der Waals surface area contributed by atoms with Gasteiger partial charge in [-0.05, 0) is 25.0 Å². The van der Waals surface area contributed by atoms with Gasteiger partial charge in [0.15, 0.2) is 5.82 Å². The summed E-state index contributed by atoms with van der Waals surface area (Å²) in [4.78, 5) is 14.2. The third-order valence-electron chi connectivity index (χ3n) is 6.85. The SMILES string of the molecule is Cc1nn(Cc2ccccc2)c(C)c1CN1CCN(c2nccnc2-c2ccc(CO)cc2)CC1.Cl. The van der Waals surface area contributed by atoms with Crippen molar-refractivity contribution >= 4 is 18.2 Å². The molecule has 2 aromatic heterocycles. The van der Waals surface area contributed by atoms with Crippen LogP contribution in [-0.4, -0.2) is 55.9 Å². The van der Waals surface area contributed by atoms with Gasteiger partial charge in [0.25, 0.3) is 0 Å². The van der Waals surface area contributed by atoms with Crippen molar-refractivity contribution in [3.05, 3.63) is 95.1 Å². The Hall–Kier alpha value is -3.26. The van der Waals surface area contributed by atoms with Gasteiger partial charge < -0.3 is 10.0 Å². The smallest absolute Gasteiger partial charge is 0.155 e. The Morgan fingerprint density at radius 2 is 1.50 bits per heavy atom. The van der Waals surface area contributed by atoms with Crippen LogP contribution >= 0.6 is 12.4 Å². The highest BCUT2D eigenvalue weighted by molar-refractivity contribution is 5.85. The van der Waals surface area contributed by atoms with E-state index in [1.807, 2.05) is 30.3 Å². The minimum Gasteiger partial charge on any atom is -0.392 e. The van der Waals surface area contributed by atoms with Gasteiger partial charge >= 0.3 is 0 Å². The lowest BCUT2D eigenvalue weighted by molar-refractivity contribution is 0.248. The maximum Gasteiger partial charge on any atom is 0.155 e. The van der Waals surface area contributed by atoms with E-state index >= 15 is 0 Å². The largest absolute Gasteiger partial charge is 0.392 e. The Balaban J connectivity index is 0.00000304. The summed E-state index contributed by atoms with van der Waals surface area (Å²) in [7, 11) is 0. The number of piperazine rings is 1. The number of hydrogen-bond donors (Lipinski definition) is 1. The molecule has 0 amide bonds. The predicted octanol–water partition coefficient (Wildman–Crippen LogP) is 4.24. The van der Waals surface area contributed by atoms with Crippen molar-refractivity contribution in [2.45, 2.75) is 33.5 Å². The summed E-state index contributed by atoms with van der Waals surface area (Å²) < 4.78 is 2.13. The Kier molecular flexibility index (Phi) is 8.36. The number of aryl methyl sites for hydroxylation is 1. The standard InChI is InChI=1S/C28H32N6O.ClH/c1-21-26(22(2)34(31-21)18-23-6-4-3-5-7-23)19-32-14-16-33(17-15-32)28-27(29-12-13-30-28)25-10-8-24(20-35)9-11-25;/h3-13,35H,14-20H2,1-2H3;1H. The van der Waals surface area contributed by atoms with Crippen LogP contribution in [0.5, 0.6) is 0 Å². The van der Waals surface area contributed by atoms with Crippen LogP contribution in [0, 0.1) is 13.8 Å². The van der Waals surface area contributed by atoms with E-state index in [4.69, 9.17) is 5.10 Å². The Bertz CT molecular complexity index is 1270. The molecule has 3 heterocycles. The number of rotatable bonds is 7. The summed E-state index contributed by atoms with van der Waals surface area (Å²) in [5.74, 6) is 0.923. The van der Waals surface area contributed by atoms with Crippen molar-refractivity contribution in [1.82, 2.24) is 24.6 Å². The molecule has 188 valence electrons. The van der Waals surface area contributed by atoms with E-state index < -0.39 is 0 Å². The topological polar surface area (TPSA) is 70.3 Å². The highest BCUT2D eigenvalue weighted by Gasteiger charge is 2.23. The fourth-order valence-corrected chi connectivity index (χ4v) is 4.75. The summed E-state index contributed by atoms with van der Waals surface area (Å²) in [6, 6.07) is 18.4. The number of halogens is 1. The van der Waals surface area contributed by atoms with Gasteiger partial charge in [-0.2, -0.15) is 5.10 Å². The summed E-state index contributed by atoms with van der Waals surface area (Å²) in [5.41, 5.74) is 7.76. The van der Waals surface area contributed by atoms with Gasteiger partial charge in [0.05, 0.1) is 18.8 Å². The van der Waals surface area contributed by atoms with Crippen LogP contribution in [0.2, 0.25) is 0 Å². The van der Waals surface area contributed by atoms with Crippen molar-refractivity contribution in [3.63, 3.8) is 0 Å². The fraction of sp³-hybridized carbons (Fsp3) is 0.321. The maximum absolute atomic E-state index is 9.34. The van der Waals surface area contributed by atoms with Crippen LogP contribution in [-0.2, 0) is 19.7 Å². The third-order valence-corrected chi connectivity index (χ3v) is 6.85. The zero-order valence-electron chi connectivity index (χ0n) is 20.8. The predicted molar refractivity (Wildman–Crippen MR) is 145 cm³/mol. The molecule has 0 saturated carbocycles. The number of aromatic nitrogens is 4. The normalized spacial score (nSPS) is 14.0. The lowest BCUT2D eigenvalue weighted by Crippen LogP contribution is -2.46. The zero-order chi connectivity index (χ0) is 24.2. The average Bonchev–Trinajstić information content (AvgIpc) is 3.17. The Morgan fingerprint density at radius 1 is 0.806 bits per heavy atom. The van der Waals surface area contributed by atoms with Crippen molar-refractivity contribution < 1.29 is 5.11 Å². The number of anilines is 1. The van der Waals surface area contributed by atoms with E-state index in [0.717, 1.165) is 67.6 Å². The summed E-state index contributed by atoms with van der Waals surface area (Å²) in [6.07, 6.45) is 3.51. The van der Waals surface area contributed by atoms with E-state index in [0.29, 0.717) is 0 Å². The second-order valence-electron chi connectivity index (χ2n) is 9.14. The van der Waals surface area contributed by atoms with E-state index in [1.165, 1.54) is 16.8 Å². The van der Waals surface area contributed by atoms with Gasteiger partial charge in [-0.15, -0.1) is 12.4 Å². The first-order valence-corrected chi connectivity index (χ1v) is 12.2. The molecule has 1 fully saturated rings. The van der Waals surface area contributed by atoms with Gasteiger partial charge in [0.1, 0.15) is 5.69 Å². The van der Waals surface area contributed by atoms with Crippen LogP contribution in [0.25, 0.3) is 11.3 Å². The molecule has 0 bridgehead atoms. The third kappa shape index (κ3) is 5.59. The second-order valence-corrected chi connectivity index (χ2v) is 9.14. The van der Waals surface area contributed by atoms with E-state index in [-0.39, 0.29) is 19.0 Å². The highest BCUT2D eigenvalue weighted by atomic mass is 35.5. The molecular formula is C28H33ClN6O. The molecule has 0 unspecified atom stereocenters. The minimum atomic E-state index is 0. The van der Waals surface area contributed by atoms with E-state index in [1.54, 1.807) is 12.4 Å². The number of aliphatic hydroxyl groups is 1. The molecule has 1 N–H and O–H groups in total. The molecule has 5 rings (SSSR count). The summed E-state index contributed by atoms with van der Waals surface area (Å²) in [5, 5.41) is 14.2. The lowest BCUT2D eigenvalue weighted by Gasteiger charge is -2.36. The van der Waals surface area contributed by atoms with Crippen LogP contribution in [0.15, 0.2) is 67.0 Å². The van der Waals surface area contributed by atoms with Gasteiger partial charge in [-0.3, -0.25) is 14.6 Å². The van der Waals surface area contributed by atoms with E-state index in [9.17, 15) is 5.11 Å². The molecule has 7 nitrogen and oxygen atoms in total. The zero-order valence-corrected chi connectivity index (χ0v) is 21.7. The van der Waals surface area contributed by atoms with Gasteiger partial charge in [-0.1, -0.05) is 54.6 Å². The quantitative estimate of drug-likeness (QED) is 0.406. The number of nitrogens with zero attached hydrogens (tertiary/aromatic N) is 6. The lowest BCUT2D eigenvalue weighted by atomic mass is 10.1. The molecule has 0 aliphatic carbocycles. The van der Waals surface area contributed by atoms with Crippen LogP contribution in [0.1, 0.15) is 28.1 Å². The molecule has 0 spiro atoms. The molecule has 36 heavy (non-hydrogen) atoms.